The summed E-state index contributed by atoms with van der Waals surface area (Å²) in [7, 11) is 0. The van der Waals surface area contributed by atoms with Crippen LogP contribution in [-0.2, 0) is 0 Å². The topological polar surface area (TPSA) is 91.5 Å². The Morgan fingerprint density at radius 1 is 1.36 bits per heavy atom. The molecular weight excluding hydrogens is 327 g/mol. The van der Waals surface area contributed by atoms with Crippen molar-refractivity contribution in [1.29, 1.82) is 0 Å². The number of carbonyl (C=O) groups is 1. The van der Waals surface area contributed by atoms with Gasteiger partial charge in [-0.05, 0) is 43.9 Å². The lowest BCUT2D eigenvalue weighted by atomic mass is 10.1. The van der Waals surface area contributed by atoms with Crippen molar-refractivity contribution >= 4 is 11.7 Å². The maximum absolute atomic E-state index is 13.7. The molecule has 0 saturated heterocycles. The summed E-state index contributed by atoms with van der Waals surface area (Å²) in [5.74, 6) is 0.681. The van der Waals surface area contributed by atoms with Gasteiger partial charge in [-0.2, -0.15) is 4.98 Å². The first-order valence-electron chi connectivity index (χ1n) is 8.47. The smallest absolute Gasteiger partial charge is 0.322 e. The normalized spacial score (nSPS) is 16.7. The summed E-state index contributed by atoms with van der Waals surface area (Å²) < 4.78 is 19.0. The zero-order chi connectivity index (χ0) is 17.4. The van der Waals surface area contributed by atoms with Gasteiger partial charge in [0, 0.05) is 18.5 Å². The molecule has 2 amide bonds. The molecule has 0 aliphatic heterocycles. The Bertz CT molecular complexity index is 786. The summed E-state index contributed by atoms with van der Waals surface area (Å²) in [6.45, 7) is 0.161. The summed E-state index contributed by atoms with van der Waals surface area (Å²) in [5.41, 5.74) is 0.758. The fourth-order valence-electron chi connectivity index (χ4n) is 2.78. The van der Waals surface area contributed by atoms with Crippen molar-refractivity contribution in [3.05, 3.63) is 29.8 Å². The van der Waals surface area contributed by atoms with Crippen LogP contribution in [0.4, 0.5) is 14.9 Å². The Labute approximate surface area is 143 Å². The summed E-state index contributed by atoms with van der Waals surface area (Å²) in [6.07, 6.45) is 3.92. The Morgan fingerprint density at radius 2 is 2.16 bits per heavy atom. The average molecular weight is 346 g/mol. The third-order valence-electron chi connectivity index (χ3n) is 4.43. The SMILES string of the molecule is O=C(Nc1ccc(F)cc1-c1nc(C2CC2)no1)N(CCO)C1CC1. The number of nitrogens with zero attached hydrogens (tertiary/aromatic N) is 3. The third-order valence-corrected chi connectivity index (χ3v) is 4.43. The molecule has 1 heterocycles. The van der Waals surface area contributed by atoms with Crippen LogP contribution in [-0.4, -0.2) is 45.4 Å². The van der Waals surface area contributed by atoms with Crippen LogP contribution >= 0.6 is 0 Å². The summed E-state index contributed by atoms with van der Waals surface area (Å²) in [4.78, 5) is 18.4. The Morgan fingerprint density at radius 3 is 2.84 bits per heavy atom. The van der Waals surface area contributed by atoms with E-state index in [0.29, 0.717) is 23.0 Å². The maximum Gasteiger partial charge on any atom is 0.322 e. The summed E-state index contributed by atoms with van der Waals surface area (Å²) in [6, 6.07) is 3.85. The number of anilines is 1. The Balaban J connectivity index is 1.59. The van der Waals surface area contributed by atoms with Crippen molar-refractivity contribution in [3.63, 3.8) is 0 Å². The predicted molar refractivity (Wildman–Crippen MR) is 87.5 cm³/mol. The molecule has 1 aromatic carbocycles. The van der Waals surface area contributed by atoms with E-state index in [1.54, 1.807) is 4.90 Å². The molecule has 2 aliphatic rings. The van der Waals surface area contributed by atoms with E-state index < -0.39 is 5.82 Å². The van der Waals surface area contributed by atoms with Gasteiger partial charge < -0.3 is 19.8 Å². The van der Waals surface area contributed by atoms with Gasteiger partial charge in [0.05, 0.1) is 17.9 Å². The molecular formula is C17H19FN4O3. The molecule has 0 unspecified atom stereocenters. The number of aliphatic hydroxyl groups is 1. The summed E-state index contributed by atoms with van der Waals surface area (Å²) in [5, 5.41) is 15.9. The largest absolute Gasteiger partial charge is 0.395 e. The van der Waals surface area contributed by atoms with Crippen molar-refractivity contribution < 1.29 is 18.8 Å². The number of carbonyl (C=O) groups excluding carboxylic acids is 1. The molecule has 0 radical (unpaired) electrons. The highest BCUT2D eigenvalue weighted by molar-refractivity contribution is 5.93. The van der Waals surface area contributed by atoms with Crippen molar-refractivity contribution in [3.8, 4) is 11.5 Å². The first kappa shape index (κ1) is 16.0. The van der Waals surface area contributed by atoms with E-state index >= 15 is 0 Å². The first-order valence-corrected chi connectivity index (χ1v) is 8.47. The lowest BCUT2D eigenvalue weighted by molar-refractivity contribution is 0.185. The predicted octanol–water partition coefficient (Wildman–Crippen LogP) is 2.74. The number of benzene rings is 1. The third kappa shape index (κ3) is 3.48. The van der Waals surface area contributed by atoms with Crippen molar-refractivity contribution in [1.82, 2.24) is 15.0 Å². The molecule has 2 saturated carbocycles. The zero-order valence-electron chi connectivity index (χ0n) is 13.6. The minimum atomic E-state index is -0.450. The molecule has 0 atom stereocenters. The van der Waals surface area contributed by atoms with Crippen LogP contribution in [0.5, 0.6) is 0 Å². The number of hydrogen-bond donors (Lipinski definition) is 2. The van der Waals surface area contributed by atoms with Gasteiger partial charge in [-0.1, -0.05) is 5.16 Å². The number of aliphatic hydroxyl groups excluding tert-OH is 1. The standard InChI is InChI=1S/C17H19FN4O3/c18-11-3-6-14(19-17(24)22(7-8-23)12-4-5-12)13(9-11)16-20-15(21-25-16)10-1-2-10/h3,6,9-10,12,23H,1-2,4-5,7-8H2,(H,19,24). The lowest BCUT2D eigenvalue weighted by Crippen LogP contribution is -2.38. The number of halogens is 1. The van der Waals surface area contributed by atoms with Crippen LogP contribution in [0.25, 0.3) is 11.5 Å². The lowest BCUT2D eigenvalue weighted by Gasteiger charge is -2.22. The van der Waals surface area contributed by atoms with Gasteiger partial charge in [-0.15, -0.1) is 0 Å². The van der Waals surface area contributed by atoms with Gasteiger partial charge in [-0.3, -0.25) is 0 Å². The molecule has 4 rings (SSSR count). The second-order valence-corrected chi connectivity index (χ2v) is 6.50. The molecule has 0 bridgehead atoms. The highest BCUT2D eigenvalue weighted by atomic mass is 19.1. The Hall–Kier alpha value is -2.48. The molecule has 1 aromatic heterocycles. The summed E-state index contributed by atoms with van der Waals surface area (Å²) >= 11 is 0. The second-order valence-electron chi connectivity index (χ2n) is 6.50. The fraction of sp³-hybridized carbons (Fsp3) is 0.471. The molecule has 2 aromatic rings. The minimum Gasteiger partial charge on any atom is -0.395 e. The van der Waals surface area contributed by atoms with Gasteiger partial charge in [0.15, 0.2) is 5.82 Å². The minimum absolute atomic E-state index is 0.103. The van der Waals surface area contributed by atoms with Gasteiger partial charge in [0.2, 0.25) is 0 Å². The van der Waals surface area contributed by atoms with E-state index in [1.807, 2.05) is 0 Å². The van der Waals surface area contributed by atoms with Crippen LogP contribution in [0.3, 0.4) is 0 Å². The van der Waals surface area contributed by atoms with Crippen LogP contribution < -0.4 is 5.32 Å². The van der Waals surface area contributed by atoms with Crippen molar-refractivity contribution in [2.45, 2.75) is 37.6 Å². The molecule has 2 fully saturated rings. The van der Waals surface area contributed by atoms with E-state index in [0.717, 1.165) is 25.7 Å². The average Bonchev–Trinajstić information content (AvgIpc) is 3.53. The van der Waals surface area contributed by atoms with Gasteiger partial charge in [0.1, 0.15) is 5.82 Å². The quantitative estimate of drug-likeness (QED) is 0.839. The van der Waals surface area contributed by atoms with Crippen LogP contribution in [0.2, 0.25) is 0 Å². The van der Waals surface area contributed by atoms with E-state index in [2.05, 4.69) is 15.5 Å². The van der Waals surface area contributed by atoms with Crippen LogP contribution in [0, 0.1) is 5.82 Å². The Kier molecular flexibility index (Phi) is 4.12. The molecule has 0 spiro atoms. The van der Waals surface area contributed by atoms with E-state index in [-0.39, 0.29) is 31.1 Å². The molecule has 132 valence electrons. The van der Waals surface area contributed by atoms with Crippen LogP contribution in [0.1, 0.15) is 37.4 Å². The molecule has 7 nitrogen and oxygen atoms in total. The van der Waals surface area contributed by atoms with E-state index in [9.17, 15) is 9.18 Å². The number of amides is 2. The van der Waals surface area contributed by atoms with Crippen molar-refractivity contribution in [2.75, 3.05) is 18.5 Å². The second kappa shape index (κ2) is 6.44. The van der Waals surface area contributed by atoms with Crippen LogP contribution in [0.15, 0.2) is 22.7 Å². The molecule has 25 heavy (non-hydrogen) atoms. The van der Waals surface area contributed by atoms with E-state index in [4.69, 9.17) is 9.63 Å². The molecule has 2 aliphatic carbocycles. The number of nitrogens with one attached hydrogen (secondary N) is 1. The van der Waals surface area contributed by atoms with Gasteiger partial charge >= 0.3 is 6.03 Å². The maximum atomic E-state index is 13.7. The number of aromatic nitrogens is 2. The van der Waals surface area contributed by atoms with Crippen molar-refractivity contribution in [2.24, 2.45) is 0 Å². The molecule has 2 N–H and O–H groups in total. The molecule has 8 heteroatoms. The monoisotopic (exact) mass is 346 g/mol. The van der Waals surface area contributed by atoms with Gasteiger partial charge in [-0.25, -0.2) is 9.18 Å². The number of hydrogen-bond acceptors (Lipinski definition) is 5. The van der Waals surface area contributed by atoms with E-state index in [1.165, 1.54) is 18.2 Å². The fourth-order valence-corrected chi connectivity index (χ4v) is 2.78. The van der Waals surface area contributed by atoms with Gasteiger partial charge in [0.25, 0.3) is 5.89 Å². The zero-order valence-corrected chi connectivity index (χ0v) is 13.6. The highest BCUT2D eigenvalue weighted by Crippen LogP contribution is 2.39. The number of urea groups is 1. The first-order chi connectivity index (χ1) is 12.2. The highest BCUT2D eigenvalue weighted by Gasteiger charge is 2.33. The number of rotatable bonds is 6.